The van der Waals surface area contributed by atoms with Gasteiger partial charge in [-0.05, 0) is 68.1 Å². The van der Waals surface area contributed by atoms with Gasteiger partial charge in [0, 0.05) is 23.8 Å². The molecule has 0 bridgehead atoms. The number of anilines is 1. The molecule has 0 aliphatic heterocycles. The van der Waals surface area contributed by atoms with Gasteiger partial charge < -0.3 is 10.2 Å². The molecule has 0 aliphatic rings. The monoisotopic (exact) mass is 530 g/mol. The lowest BCUT2D eigenvalue weighted by Crippen LogP contribution is -2.51. The van der Waals surface area contributed by atoms with Gasteiger partial charge in [-0.2, -0.15) is 0 Å². The second kappa shape index (κ2) is 11.4. The van der Waals surface area contributed by atoms with Gasteiger partial charge in [0.05, 0.1) is 10.4 Å². The number of aryl methyl sites for hydroxylation is 3. The summed E-state index contributed by atoms with van der Waals surface area (Å²) in [7, 11) is -2.49. The lowest BCUT2D eigenvalue weighted by molar-refractivity contribution is -0.120. The number of urea groups is 1. The van der Waals surface area contributed by atoms with Crippen LogP contribution in [0.5, 0.6) is 0 Å². The fraction of sp³-hybridized carbons (Fsp3) is 0.207. The summed E-state index contributed by atoms with van der Waals surface area (Å²) in [6, 6.07) is 23.3. The van der Waals surface area contributed by atoms with Crippen molar-refractivity contribution in [1.29, 1.82) is 0 Å². The van der Waals surface area contributed by atoms with E-state index in [0.29, 0.717) is 17.7 Å². The lowest BCUT2D eigenvalue weighted by atomic mass is 10.0. The van der Waals surface area contributed by atoms with E-state index in [9.17, 15) is 18.0 Å². The van der Waals surface area contributed by atoms with Gasteiger partial charge in [0.1, 0.15) is 6.04 Å². The summed E-state index contributed by atoms with van der Waals surface area (Å²) >= 11 is 0. The van der Waals surface area contributed by atoms with Crippen LogP contribution in [0.25, 0.3) is 10.9 Å². The van der Waals surface area contributed by atoms with E-state index in [1.165, 1.54) is 11.0 Å². The Morgan fingerprint density at radius 1 is 0.921 bits per heavy atom. The van der Waals surface area contributed by atoms with E-state index in [4.69, 9.17) is 0 Å². The van der Waals surface area contributed by atoms with Crippen LogP contribution < -0.4 is 14.9 Å². The van der Waals surface area contributed by atoms with Gasteiger partial charge in [0.15, 0.2) is 0 Å². The minimum atomic E-state index is -4.12. The van der Waals surface area contributed by atoms with Crippen molar-refractivity contribution in [3.63, 3.8) is 0 Å². The number of rotatable bonds is 8. The number of sulfonamides is 1. The number of carbonyl (C=O) groups is 2. The maximum absolute atomic E-state index is 13.6. The topological polar surface area (TPSA) is 108 Å². The first kappa shape index (κ1) is 26.8. The highest BCUT2D eigenvalue weighted by molar-refractivity contribution is 7.90. The molecular formula is C29H30N4O4S. The summed E-state index contributed by atoms with van der Waals surface area (Å²) in [4.78, 5) is 32.4. The van der Waals surface area contributed by atoms with E-state index in [1.54, 1.807) is 38.2 Å². The Labute approximate surface area is 222 Å². The van der Waals surface area contributed by atoms with Crippen molar-refractivity contribution >= 4 is 38.6 Å². The molecular weight excluding hydrogens is 500 g/mol. The third-order valence-electron chi connectivity index (χ3n) is 6.31. The summed E-state index contributed by atoms with van der Waals surface area (Å²) in [5.41, 5.74) is 3.84. The molecule has 8 nitrogen and oxygen atoms in total. The number of carbonyl (C=O) groups excluding carboxylic acids is 2. The maximum atomic E-state index is 13.6. The van der Waals surface area contributed by atoms with Crippen LogP contribution in [0, 0.1) is 13.8 Å². The Balaban J connectivity index is 1.55. The van der Waals surface area contributed by atoms with Gasteiger partial charge in [0.2, 0.25) is 5.91 Å². The van der Waals surface area contributed by atoms with Crippen LogP contribution in [-0.4, -0.2) is 38.4 Å². The molecule has 3 aromatic carbocycles. The van der Waals surface area contributed by atoms with E-state index in [-0.39, 0.29) is 17.2 Å². The predicted molar refractivity (Wildman–Crippen MR) is 148 cm³/mol. The fourth-order valence-electron chi connectivity index (χ4n) is 4.22. The number of hydrogen-bond acceptors (Lipinski definition) is 5. The molecule has 0 saturated carbocycles. The van der Waals surface area contributed by atoms with Crippen LogP contribution in [0.3, 0.4) is 0 Å². The molecule has 1 aromatic heterocycles. The average Bonchev–Trinajstić information content (AvgIpc) is 2.90. The smallest absolute Gasteiger partial charge is 0.325 e. The first-order valence-electron chi connectivity index (χ1n) is 12.2. The minimum Gasteiger partial charge on any atom is -0.325 e. The van der Waals surface area contributed by atoms with Gasteiger partial charge in [-0.3, -0.25) is 9.78 Å². The summed E-state index contributed by atoms with van der Waals surface area (Å²) in [5.74, 6) is -0.371. The van der Waals surface area contributed by atoms with Crippen molar-refractivity contribution in [3.05, 3.63) is 102 Å². The number of nitrogens with one attached hydrogen (secondary N) is 2. The molecule has 0 fully saturated rings. The number of hydrogen-bond donors (Lipinski definition) is 2. The molecule has 2 N–H and O–H groups in total. The average molecular weight is 531 g/mol. The predicted octanol–water partition coefficient (Wildman–Crippen LogP) is 4.50. The third kappa shape index (κ3) is 6.36. The van der Waals surface area contributed by atoms with Crippen molar-refractivity contribution in [2.75, 3.05) is 11.9 Å². The molecule has 196 valence electrons. The Hall–Kier alpha value is -4.24. The zero-order valence-corrected chi connectivity index (χ0v) is 22.3. The van der Waals surface area contributed by atoms with E-state index in [0.717, 1.165) is 22.2 Å². The largest absolute Gasteiger partial charge is 0.329 e. The van der Waals surface area contributed by atoms with Gasteiger partial charge in [0.25, 0.3) is 10.0 Å². The zero-order valence-electron chi connectivity index (χ0n) is 21.5. The molecule has 0 spiro atoms. The molecule has 4 aromatic rings. The Kier molecular flexibility index (Phi) is 8.07. The standard InChI is InChI=1S/C29H30N4O4S/c1-20-9-7-8-12-27(20)38(36,37)32-29(35)31-26(17-14-22-10-5-4-6-11-22)28(34)33(3)24-16-18-25-23(19-24)15-13-21(2)30-25/h4-13,15-16,18-19,26H,14,17H2,1-3H3,(H2,31,32,35)/t26-/m0/s1. The highest BCUT2D eigenvalue weighted by Gasteiger charge is 2.27. The van der Waals surface area contributed by atoms with Crippen molar-refractivity contribution in [2.24, 2.45) is 0 Å². The normalized spacial score (nSPS) is 12.1. The van der Waals surface area contributed by atoms with E-state index in [1.807, 2.05) is 66.2 Å². The van der Waals surface area contributed by atoms with Crippen LogP contribution >= 0.6 is 0 Å². The molecule has 3 amide bonds. The van der Waals surface area contributed by atoms with Crippen LogP contribution in [0.2, 0.25) is 0 Å². The SMILES string of the molecule is Cc1ccc2cc(N(C)C(=O)[C@H](CCc3ccccc3)NC(=O)NS(=O)(=O)c3ccccc3C)ccc2n1. The first-order valence-corrected chi connectivity index (χ1v) is 13.7. The highest BCUT2D eigenvalue weighted by atomic mass is 32.2. The number of benzene rings is 3. The quantitative estimate of drug-likeness (QED) is 0.349. The van der Waals surface area contributed by atoms with Crippen molar-refractivity contribution in [3.8, 4) is 0 Å². The van der Waals surface area contributed by atoms with Crippen LogP contribution in [0.4, 0.5) is 10.5 Å². The molecule has 1 atom stereocenters. The van der Waals surface area contributed by atoms with Crippen LogP contribution in [0.1, 0.15) is 23.2 Å². The van der Waals surface area contributed by atoms with Gasteiger partial charge in [-0.1, -0.05) is 54.6 Å². The molecule has 4 rings (SSSR count). The van der Waals surface area contributed by atoms with E-state index < -0.39 is 22.1 Å². The second-order valence-electron chi connectivity index (χ2n) is 9.15. The number of pyridine rings is 1. The summed E-state index contributed by atoms with van der Waals surface area (Å²) in [5, 5.41) is 3.47. The first-order chi connectivity index (χ1) is 18.1. The molecule has 0 unspecified atom stereocenters. The maximum Gasteiger partial charge on any atom is 0.329 e. The molecule has 38 heavy (non-hydrogen) atoms. The second-order valence-corrected chi connectivity index (χ2v) is 10.8. The lowest BCUT2D eigenvalue weighted by Gasteiger charge is -2.25. The van der Waals surface area contributed by atoms with Crippen molar-refractivity contribution in [1.82, 2.24) is 15.0 Å². The van der Waals surface area contributed by atoms with E-state index >= 15 is 0 Å². The van der Waals surface area contributed by atoms with Crippen molar-refractivity contribution in [2.45, 2.75) is 37.6 Å². The Morgan fingerprint density at radius 3 is 2.37 bits per heavy atom. The molecule has 0 saturated heterocycles. The molecule has 0 radical (unpaired) electrons. The highest BCUT2D eigenvalue weighted by Crippen LogP contribution is 2.22. The number of amides is 3. The molecule has 9 heteroatoms. The third-order valence-corrected chi connectivity index (χ3v) is 7.80. The van der Waals surface area contributed by atoms with Crippen LogP contribution in [0.15, 0.2) is 89.8 Å². The van der Waals surface area contributed by atoms with Crippen LogP contribution in [-0.2, 0) is 21.2 Å². The Morgan fingerprint density at radius 2 is 1.63 bits per heavy atom. The van der Waals surface area contributed by atoms with Gasteiger partial charge in [-0.25, -0.2) is 17.9 Å². The van der Waals surface area contributed by atoms with Crippen molar-refractivity contribution < 1.29 is 18.0 Å². The number of likely N-dealkylation sites (N-methyl/N-ethyl adjacent to an activating group) is 1. The molecule has 0 aliphatic carbocycles. The van der Waals surface area contributed by atoms with Gasteiger partial charge >= 0.3 is 6.03 Å². The van der Waals surface area contributed by atoms with Gasteiger partial charge in [-0.15, -0.1) is 0 Å². The summed E-state index contributed by atoms with van der Waals surface area (Å²) < 4.78 is 27.7. The molecule has 1 heterocycles. The van der Waals surface area contributed by atoms with E-state index in [2.05, 4.69) is 10.3 Å². The summed E-state index contributed by atoms with van der Waals surface area (Å²) in [6.45, 7) is 3.56. The minimum absolute atomic E-state index is 0.000519. The summed E-state index contributed by atoms with van der Waals surface area (Å²) in [6.07, 6.45) is 0.788. The Bertz CT molecular complexity index is 1570. The zero-order chi connectivity index (χ0) is 27.3. The fourth-order valence-corrected chi connectivity index (χ4v) is 5.38. The number of aromatic nitrogens is 1. The number of nitrogens with zero attached hydrogens (tertiary/aromatic N) is 2. The number of fused-ring (bicyclic) bond motifs is 1.